The average molecular weight is 442 g/mol. The van der Waals surface area contributed by atoms with Crippen molar-refractivity contribution in [3.05, 3.63) is 17.5 Å². The van der Waals surface area contributed by atoms with Gasteiger partial charge in [0, 0.05) is 37.6 Å². The molecule has 2 saturated heterocycles. The lowest BCUT2D eigenvalue weighted by molar-refractivity contribution is -0.145. The molecule has 29 heavy (non-hydrogen) atoms. The van der Waals surface area contributed by atoms with Gasteiger partial charge in [0.05, 0.1) is 5.92 Å². The van der Waals surface area contributed by atoms with Crippen molar-refractivity contribution in [1.29, 1.82) is 0 Å². The molecule has 3 heterocycles. The highest BCUT2D eigenvalue weighted by atomic mass is 32.2. The minimum atomic E-state index is -3.48. The van der Waals surface area contributed by atoms with Crippen LogP contribution in [0.3, 0.4) is 0 Å². The number of hydrogen-bond donors (Lipinski definition) is 1. The first kappa shape index (κ1) is 22.2. The molecule has 1 unspecified atom stereocenters. The van der Waals surface area contributed by atoms with Crippen LogP contribution in [0.1, 0.15) is 46.5 Å². The van der Waals surface area contributed by atoms with Crippen molar-refractivity contribution < 1.29 is 18.0 Å². The van der Waals surface area contributed by atoms with Crippen LogP contribution in [0, 0.1) is 11.3 Å². The zero-order chi connectivity index (χ0) is 21.2. The van der Waals surface area contributed by atoms with Gasteiger partial charge in [-0.2, -0.15) is 0 Å². The molecule has 1 aromatic heterocycles. The number of amides is 2. The number of nitrogens with zero attached hydrogens (tertiary/aromatic N) is 2. The molecular formula is C20H31N3O4S2. The van der Waals surface area contributed by atoms with Gasteiger partial charge < -0.3 is 9.80 Å². The Morgan fingerprint density at radius 1 is 1.10 bits per heavy atom. The van der Waals surface area contributed by atoms with E-state index in [0.717, 1.165) is 12.8 Å². The summed E-state index contributed by atoms with van der Waals surface area (Å²) in [5.74, 6) is 0.0297. The molecule has 0 radical (unpaired) electrons. The summed E-state index contributed by atoms with van der Waals surface area (Å²) in [6, 6.07) is 3.16. The molecule has 162 valence electrons. The zero-order valence-corrected chi connectivity index (χ0v) is 19.0. The molecule has 9 heteroatoms. The van der Waals surface area contributed by atoms with Gasteiger partial charge in [0.2, 0.25) is 21.8 Å². The molecule has 2 aliphatic heterocycles. The van der Waals surface area contributed by atoms with Crippen molar-refractivity contribution >= 4 is 33.2 Å². The molecule has 7 nitrogen and oxygen atoms in total. The van der Waals surface area contributed by atoms with E-state index in [2.05, 4.69) is 4.72 Å². The fourth-order valence-electron chi connectivity index (χ4n) is 4.01. The molecule has 3 rings (SSSR count). The highest BCUT2D eigenvalue weighted by Crippen LogP contribution is 2.26. The van der Waals surface area contributed by atoms with Gasteiger partial charge in [0.15, 0.2) is 0 Å². The van der Waals surface area contributed by atoms with E-state index >= 15 is 0 Å². The maximum absolute atomic E-state index is 13.0. The second-order valence-corrected chi connectivity index (χ2v) is 11.9. The van der Waals surface area contributed by atoms with Gasteiger partial charge in [-0.1, -0.05) is 26.8 Å². The summed E-state index contributed by atoms with van der Waals surface area (Å²) >= 11 is 1.20. The van der Waals surface area contributed by atoms with Crippen molar-refractivity contribution in [2.75, 3.05) is 26.2 Å². The van der Waals surface area contributed by atoms with Crippen LogP contribution >= 0.6 is 11.3 Å². The Morgan fingerprint density at radius 2 is 1.79 bits per heavy atom. The van der Waals surface area contributed by atoms with Crippen LogP contribution in [0.2, 0.25) is 0 Å². The molecule has 2 fully saturated rings. The number of piperidine rings is 2. The standard InChI is InChI=1S/C20H31N3O4S2/c1-20(2,3)19(25)23-10-4-6-15(14-23)18(24)22-11-8-16(9-12-22)21-29(26,27)17-7-5-13-28-17/h5,7,13,15-16,21H,4,6,8-12,14H2,1-3H3. The number of carbonyl (C=O) groups is 2. The highest BCUT2D eigenvalue weighted by molar-refractivity contribution is 7.91. The molecule has 1 N–H and O–H groups in total. The van der Waals surface area contributed by atoms with Crippen molar-refractivity contribution in [2.45, 2.75) is 56.7 Å². The number of thiophene rings is 1. The minimum absolute atomic E-state index is 0.0935. The average Bonchev–Trinajstić information content (AvgIpc) is 3.22. The molecule has 2 amide bonds. The summed E-state index contributed by atoms with van der Waals surface area (Å²) in [6.45, 7) is 8.00. The monoisotopic (exact) mass is 441 g/mol. The Morgan fingerprint density at radius 3 is 2.38 bits per heavy atom. The second-order valence-electron chi connectivity index (χ2n) is 8.99. The lowest BCUT2D eigenvalue weighted by Crippen LogP contribution is -2.52. The van der Waals surface area contributed by atoms with Gasteiger partial charge in [-0.15, -0.1) is 11.3 Å². The number of nitrogens with one attached hydrogen (secondary N) is 1. The van der Waals surface area contributed by atoms with Gasteiger partial charge in [0.25, 0.3) is 0 Å². The summed E-state index contributed by atoms with van der Waals surface area (Å²) in [5, 5.41) is 1.74. The van der Waals surface area contributed by atoms with Crippen molar-refractivity contribution in [3.63, 3.8) is 0 Å². The van der Waals surface area contributed by atoms with Crippen LogP contribution in [0.5, 0.6) is 0 Å². The van der Waals surface area contributed by atoms with Gasteiger partial charge in [0.1, 0.15) is 4.21 Å². The number of likely N-dealkylation sites (tertiary alicyclic amines) is 2. The Balaban J connectivity index is 1.53. The van der Waals surface area contributed by atoms with Crippen LogP contribution in [0.15, 0.2) is 21.7 Å². The van der Waals surface area contributed by atoms with Gasteiger partial charge in [-0.25, -0.2) is 13.1 Å². The molecule has 0 saturated carbocycles. The van der Waals surface area contributed by atoms with Crippen molar-refractivity contribution in [3.8, 4) is 0 Å². The first-order chi connectivity index (χ1) is 13.6. The second kappa shape index (κ2) is 8.73. The van der Waals surface area contributed by atoms with E-state index in [1.807, 2.05) is 30.6 Å². The fourth-order valence-corrected chi connectivity index (χ4v) is 6.32. The normalized spacial score (nSPS) is 22.0. The molecule has 0 aromatic carbocycles. The molecule has 2 aliphatic rings. The lowest BCUT2D eigenvalue weighted by Gasteiger charge is -2.39. The predicted octanol–water partition coefficient (Wildman–Crippen LogP) is 2.30. The van der Waals surface area contributed by atoms with Crippen molar-refractivity contribution in [1.82, 2.24) is 14.5 Å². The van der Waals surface area contributed by atoms with Gasteiger partial charge >= 0.3 is 0 Å². The molecule has 1 atom stereocenters. The summed E-state index contributed by atoms with van der Waals surface area (Å²) in [5.41, 5.74) is -0.441. The highest BCUT2D eigenvalue weighted by Gasteiger charge is 2.36. The van der Waals surface area contributed by atoms with Crippen LogP contribution in [-0.2, 0) is 19.6 Å². The Hall–Kier alpha value is -1.45. The number of sulfonamides is 1. The smallest absolute Gasteiger partial charge is 0.250 e. The number of rotatable bonds is 4. The van der Waals surface area contributed by atoms with E-state index in [1.165, 1.54) is 11.3 Å². The zero-order valence-electron chi connectivity index (χ0n) is 17.4. The van der Waals surface area contributed by atoms with E-state index in [-0.39, 0.29) is 23.8 Å². The number of carbonyl (C=O) groups excluding carboxylic acids is 2. The van der Waals surface area contributed by atoms with Crippen LogP contribution in [0.25, 0.3) is 0 Å². The predicted molar refractivity (Wildman–Crippen MR) is 113 cm³/mol. The minimum Gasteiger partial charge on any atom is -0.342 e. The maximum Gasteiger partial charge on any atom is 0.250 e. The Kier molecular flexibility index (Phi) is 6.70. The van der Waals surface area contributed by atoms with Crippen molar-refractivity contribution in [2.24, 2.45) is 11.3 Å². The topological polar surface area (TPSA) is 86.8 Å². The molecular weight excluding hydrogens is 410 g/mol. The lowest BCUT2D eigenvalue weighted by atomic mass is 9.90. The fraction of sp³-hybridized carbons (Fsp3) is 0.700. The first-order valence-corrected chi connectivity index (χ1v) is 12.6. The maximum atomic E-state index is 13.0. The molecule has 1 aromatic rings. The van der Waals surface area contributed by atoms with Gasteiger partial charge in [-0.05, 0) is 37.1 Å². The van der Waals surface area contributed by atoms with Crippen LogP contribution < -0.4 is 4.72 Å². The SMILES string of the molecule is CC(C)(C)C(=O)N1CCCC(C(=O)N2CCC(NS(=O)(=O)c3cccs3)CC2)C1. The van der Waals surface area contributed by atoms with E-state index in [0.29, 0.717) is 43.2 Å². The third-order valence-corrected chi connectivity index (χ3v) is 8.51. The van der Waals surface area contributed by atoms with Crippen LogP contribution in [-0.4, -0.2) is 62.3 Å². The number of hydrogen-bond acceptors (Lipinski definition) is 5. The molecule has 0 aliphatic carbocycles. The quantitative estimate of drug-likeness (QED) is 0.777. The third kappa shape index (κ3) is 5.38. The van der Waals surface area contributed by atoms with Gasteiger partial charge in [-0.3, -0.25) is 9.59 Å². The summed E-state index contributed by atoms with van der Waals surface area (Å²) in [6.07, 6.45) is 2.86. The Labute approximate surface area is 177 Å². The Bertz CT molecular complexity index is 822. The molecule has 0 spiro atoms. The first-order valence-electron chi connectivity index (χ1n) is 10.2. The van der Waals surface area contributed by atoms with E-state index < -0.39 is 15.4 Å². The van der Waals surface area contributed by atoms with E-state index in [9.17, 15) is 18.0 Å². The third-order valence-electron chi connectivity index (χ3n) is 5.59. The summed E-state index contributed by atoms with van der Waals surface area (Å²) in [4.78, 5) is 29.2. The van der Waals surface area contributed by atoms with E-state index in [1.54, 1.807) is 17.5 Å². The molecule has 0 bridgehead atoms. The summed E-state index contributed by atoms with van der Waals surface area (Å²) in [7, 11) is -3.48. The van der Waals surface area contributed by atoms with Crippen LogP contribution in [0.4, 0.5) is 0 Å². The summed E-state index contributed by atoms with van der Waals surface area (Å²) < 4.78 is 27.9. The van der Waals surface area contributed by atoms with E-state index in [4.69, 9.17) is 0 Å². The largest absolute Gasteiger partial charge is 0.342 e.